The molecule has 11 nitrogen and oxygen atoms in total. The SMILES string of the molecule is [2H]C([2H])([2H])C([2H])(C)C([2H])([2H])C1(C([2H])([2H])C([2H])(C)C([2H])([2H])[2H])c2ccccc2-c2cc3c(nc21)oc1c(-c2cc(C([2H])(C([2H])([2H])[2H])C([2H])([2H])[2H])cc[n+]2C)c(C)ccc13.[2H]C([2H])([2H])C([2H])(c1cc[n+](C)c(-c2c(C)ccc3c2oc2nc4c(cc23)-c2ccccc2C4(C([2H])(C([2H])([2H])[2H])C([2H])([2H])[2H])C([2H])(C([2H])([2H])[2H])C([2H])([2H])[2H])c1)C([2H])([2H])[2H].[2H]C([2H])([2H])C([2H])(c1cc[n+](C)c(-c2c(C)ccc3c2oc2ncc4c(c23)C(C([2H])([2H])[2H])(C([2H])([2H])[2H])c2ccccc2-4)c1)C([2H])([2H])[2H].[2H]C([2H])([2H])c1c[n+](C)c(-c2c(C)ccc3c2oc2c4c(ccc23)C(C([2H])([2H])[2H])(C([2H])([2H])[2H])c2ccccc2-4)cc1C([2H])(C([2H])([2H])[2H])C([2H])([2H])[2H]. The van der Waals surface area contributed by atoms with Crippen molar-refractivity contribution in [2.24, 2.45) is 51.8 Å². The van der Waals surface area contributed by atoms with Crippen molar-refractivity contribution in [1.29, 1.82) is 0 Å². The lowest BCUT2D eigenvalue weighted by molar-refractivity contribution is -0.660. The summed E-state index contributed by atoms with van der Waals surface area (Å²) < 4.78 is 616. The van der Waals surface area contributed by atoms with Gasteiger partial charge in [-0.2, -0.15) is 0 Å². The first-order valence-electron chi connectivity index (χ1n) is 80.0. The van der Waals surface area contributed by atoms with Crippen LogP contribution in [0, 0.1) is 58.1 Å². The standard InChI is InChI=1S/C36H41N2O.C34H37N2O.C32H32NO.C30H29N2O/c1-21(2)19-36(20-22(3)4)30-12-10-9-11-26(30)28-18-29-27-14-13-24(7)32(33(27)39-35(29)37-34(28)36)31-17-25(23(5)6)15-16-38(31)8;1-19(2)23-15-16-36(8)29(17-23)30-22(7)13-14-25-27-18-26-24-11-9-10-12-28(24)34(20(3)4,21(5)6)32(26)35-33(27)37-31(25)30;1-18(2)24-16-27(33(7)17-20(24)4)28-19(3)12-13-21-22-14-15-26-29(31(22)34-30(21)28)23-10-8-9-11-25(23)32(26,5)6;1-17(2)19-13-14-32(6)24(15-19)25-18(3)11-12-21-26-27-22(16-31-29(26)33-28(21)25)20-9-7-8-10-23(20)30(27,4)5/h9-18,21-23H,19-20H2,1-8H3;9-21H,1-8H3;8-18H,1-7H3;7-17H,1-6H3/q4*+1/i1D3,3D3,5D3,6D3,19D2,20D2,21D,22D,23D;1D3,2D3,3D3,4D3,5D3,6D3,19D,20D,21D;1D3,2D3,4D3,5D3,6D3,18D;1D3,2D3,4D3,5D3,17D. The predicted molar refractivity (Wildman–Crippen MR) is 591 cm³/mol. The van der Waals surface area contributed by atoms with Crippen LogP contribution in [0.1, 0.15) is 363 Å². The van der Waals surface area contributed by atoms with E-state index < -0.39 is 246 Å². The molecule has 722 valence electrons. The normalized spacial score (nSPS) is 25.2. The molecule has 2 unspecified atom stereocenters. The van der Waals surface area contributed by atoms with Gasteiger partial charge in [-0.05, 0) is 207 Å². The van der Waals surface area contributed by atoms with Crippen molar-refractivity contribution in [1.82, 2.24) is 15.0 Å². The van der Waals surface area contributed by atoms with Gasteiger partial charge in [-0.3, -0.25) is 0 Å². The number of pyridine rings is 7. The van der Waals surface area contributed by atoms with Crippen LogP contribution >= 0.6 is 0 Å². The molecule has 0 N–H and O–H groups in total. The first kappa shape index (κ1) is 44.6. The molecular weight excluding hydrogens is 1750 g/mol. The van der Waals surface area contributed by atoms with Crippen molar-refractivity contribution in [3.05, 3.63) is 338 Å². The number of furan rings is 4. The Morgan fingerprint density at radius 1 is 0.343 bits per heavy atom. The minimum Gasteiger partial charge on any atom is -0.454 e. The number of aromatic nitrogens is 7. The van der Waals surface area contributed by atoms with E-state index in [4.69, 9.17) is 109 Å². The van der Waals surface area contributed by atoms with Gasteiger partial charge in [-0.15, -0.1) is 0 Å². The molecule has 0 aliphatic heterocycles. The Kier molecular flexibility index (Phi) is 11.0. The summed E-state index contributed by atoms with van der Waals surface area (Å²) in [7, 11) is 6.35. The molecule has 0 radical (unpaired) electrons. The molecule has 20 aromatic rings. The zero-order chi connectivity index (χ0) is 159. The molecular formula is C132H139N7O4+4. The monoisotopic (exact) mass is 1960 g/mol. The van der Waals surface area contributed by atoms with Gasteiger partial charge in [0.15, 0.2) is 41.5 Å². The second-order valence-electron chi connectivity index (χ2n) is 36.8. The minimum atomic E-state index is -4.06. The van der Waals surface area contributed by atoms with E-state index >= 15 is 0 Å². The number of nitrogens with zero attached hydrogens (tertiary/aromatic N) is 7. The van der Waals surface area contributed by atoms with Crippen LogP contribution in [0.2, 0.25) is 0 Å². The van der Waals surface area contributed by atoms with Gasteiger partial charge in [0.05, 0.1) is 39.0 Å². The van der Waals surface area contributed by atoms with Gasteiger partial charge in [-0.25, -0.2) is 33.2 Å². The molecule has 11 aromatic heterocycles. The Morgan fingerprint density at radius 3 is 1.24 bits per heavy atom. The summed E-state index contributed by atoms with van der Waals surface area (Å²) in [4.78, 5) is 13.8. The molecule has 24 rings (SSSR count). The van der Waals surface area contributed by atoms with E-state index in [1.165, 1.54) is 144 Å². The first-order chi connectivity index (χ1) is 95.9. The molecule has 11 heterocycles. The van der Waals surface area contributed by atoms with E-state index in [-0.39, 0.29) is 140 Å². The number of hydrogen-bond donors (Lipinski definition) is 0. The van der Waals surface area contributed by atoms with E-state index in [1.807, 2.05) is 0 Å². The number of hydrogen-bond acceptors (Lipinski definition) is 7. The summed E-state index contributed by atoms with van der Waals surface area (Å²) in [6.07, 6.45) is -0.269. The molecule has 0 fully saturated rings. The maximum Gasteiger partial charge on any atom is 0.227 e. The van der Waals surface area contributed by atoms with Crippen LogP contribution in [0.4, 0.5) is 0 Å². The van der Waals surface area contributed by atoms with Gasteiger partial charge in [0.2, 0.25) is 39.9 Å². The van der Waals surface area contributed by atoms with Crippen LogP contribution < -0.4 is 18.3 Å². The Bertz CT molecular complexity index is 11600. The molecule has 0 saturated heterocycles. The molecule has 0 bridgehead atoms. The average molecular weight is 1960 g/mol. The topological polar surface area (TPSA) is 107 Å². The molecule has 11 heteroatoms. The van der Waals surface area contributed by atoms with E-state index in [0.717, 1.165) is 32.2 Å². The zero-order valence-electron chi connectivity index (χ0n) is 148. The van der Waals surface area contributed by atoms with Gasteiger partial charge in [0.25, 0.3) is 0 Å². The maximum absolute atomic E-state index is 9.65. The summed E-state index contributed by atoms with van der Waals surface area (Å²) in [5, 5.41) is 2.82. The second-order valence-corrected chi connectivity index (χ2v) is 36.8. The summed E-state index contributed by atoms with van der Waals surface area (Å²) in [6.45, 7) is -55.9. The molecule has 4 aliphatic rings. The molecule has 0 saturated carbocycles. The summed E-state index contributed by atoms with van der Waals surface area (Å²) >= 11 is 0. The fourth-order valence-corrected chi connectivity index (χ4v) is 21.3. The predicted octanol–water partition coefficient (Wildman–Crippen LogP) is 33.1. The smallest absolute Gasteiger partial charge is 0.227 e. The highest BCUT2D eigenvalue weighted by molar-refractivity contribution is 6.17. The van der Waals surface area contributed by atoms with Crippen LogP contribution in [0.5, 0.6) is 0 Å². The third-order valence-electron chi connectivity index (χ3n) is 27.9. The summed E-state index contributed by atoms with van der Waals surface area (Å²) in [5.74, 6) is -26.8. The molecule has 9 aromatic carbocycles. The van der Waals surface area contributed by atoms with Crippen LogP contribution in [0.15, 0.2) is 261 Å². The quantitative estimate of drug-likeness (QED) is 0.0998. The fourth-order valence-electron chi connectivity index (χ4n) is 21.3. The van der Waals surface area contributed by atoms with E-state index in [9.17, 15) is 8.22 Å². The number of fused-ring (bicyclic) bond motifs is 26. The number of aryl methyl sites for hydroxylation is 9. The molecule has 0 amide bonds. The van der Waals surface area contributed by atoms with E-state index in [2.05, 4.69) is 9.97 Å². The van der Waals surface area contributed by atoms with Crippen molar-refractivity contribution < 1.29 is 131 Å². The van der Waals surface area contributed by atoms with Crippen LogP contribution in [-0.2, 0) is 49.9 Å². The highest BCUT2D eigenvalue weighted by Gasteiger charge is 2.51. The second kappa shape index (κ2) is 35.4. The van der Waals surface area contributed by atoms with Crippen LogP contribution in [-0.4, -0.2) is 15.0 Å². The van der Waals surface area contributed by atoms with Crippen molar-refractivity contribution in [2.45, 2.75) is 230 Å². The first-order valence-corrected chi connectivity index (χ1v) is 45.5. The van der Waals surface area contributed by atoms with Gasteiger partial charge < -0.3 is 17.7 Å². The lowest BCUT2D eigenvalue weighted by atomic mass is 9.64. The third-order valence-corrected chi connectivity index (χ3v) is 27.9. The third kappa shape index (κ3) is 15.0. The molecule has 0 spiro atoms. The minimum absolute atomic E-state index is 0.00455. The van der Waals surface area contributed by atoms with Crippen molar-refractivity contribution in [3.8, 4) is 89.5 Å². The van der Waals surface area contributed by atoms with Gasteiger partial charge in [0, 0.05) is 230 Å². The van der Waals surface area contributed by atoms with E-state index in [0.29, 0.717) is 99.2 Å². The van der Waals surface area contributed by atoms with Crippen molar-refractivity contribution in [2.75, 3.05) is 0 Å². The van der Waals surface area contributed by atoms with Crippen LogP contribution in [0.25, 0.3) is 178 Å². The largest absolute Gasteiger partial charge is 0.454 e. The maximum atomic E-state index is 9.65. The number of rotatable bonds is 14. The van der Waals surface area contributed by atoms with E-state index in [1.54, 1.807) is 155 Å². The van der Waals surface area contributed by atoms with Crippen LogP contribution in [0.3, 0.4) is 0 Å². The van der Waals surface area contributed by atoms with Crippen molar-refractivity contribution in [3.63, 3.8) is 0 Å². The Labute approximate surface area is 941 Å². The average Bonchev–Trinajstić information content (AvgIpc) is 1.45. The highest BCUT2D eigenvalue weighted by atomic mass is 16.4. The Balaban J connectivity index is 0.000000154. The zero-order valence-corrected chi connectivity index (χ0v) is 78.9. The Morgan fingerprint density at radius 2 is 0.748 bits per heavy atom. The fraction of sp³-hybridized carbons (Fsp3) is 0.326. The van der Waals surface area contributed by atoms with Gasteiger partial charge in [0.1, 0.15) is 39.4 Å². The highest BCUT2D eigenvalue weighted by Crippen LogP contribution is 2.61. The summed E-state index contributed by atoms with van der Waals surface area (Å²) in [6, 6.07) is 52.2. The summed E-state index contributed by atoms with van der Waals surface area (Å²) in [5.41, 5.74) is -9.19. The molecule has 2 atom stereocenters. The molecule has 4 aliphatic carbocycles. The Hall–Kier alpha value is -13.8. The van der Waals surface area contributed by atoms with Gasteiger partial charge in [-0.1, -0.05) is 295 Å². The molecule has 143 heavy (non-hydrogen) atoms. The lowest BCUT2D eigenvalue weighted by Gasteiger charge is -2.39. The van der Waals surface area contributed by atoms with Crippen molar-refractivity contribution >= 4 is 88.1 Å². The van der Waals surface area contributed by atoms with Gasteiger partial charge >= 0.3 is 0 Å². The number of benzene rings is 9. The lowest BCUT2D eigenvalue weighted by Crippen LogP contribution is -2.38.